The molecule has 0 nitrogen and oxygen atoms in total. The van der Waals surface area contributed by atoms with Crippen LogP contribution in [0.25, 0.3) is 0 Å². The highest BCUT2D eigenvalue weighted by Crippen LogP contribution is 2.18. The van der Waals surface area contributed by atoms with E-state index in [-0.39, 0.29) is 12.3 Å². The zero-order valence-corrected chi connectivity index (χ0v) is 6.28. The highest BCUT2D eigenvalue weighted by atomic mass is 19.3. The van der Waals surface area contributed by atoms with Crippen molar-refractivity contribution in [3.63, 3.8) is 0 Å². The fraction of sp³-hybridized carbons (Fsp3) is 1.00. The van der Waals surface area contributed by atoms with Crippen molar-refractivity contribution in [2.24, 2.45) is 11.8 Å². The molecule has 62 valence electrons. The van der Waals surface area contributed by atoms with Gasteiger partial charge in [-0.3, -0.25) is 4.39 Å². The Morgan fingerprint density at radius 1 is 1.20 bits per heavy atom. The second-order valence-electron chi connectivity index (χ2n) is 2.81. The Morgan fingerprint density at radius 3 is 2.00 bits per heavy atom. The maximum Gasteiger partial charge on any atom is 0.241 e. The third kappa shape index (κ3) is 3.75. The molecule has 0 aliphatic carbocycles. The topological polar surface area (TPSA) is 0 Å². The normalized spacial score (nSPS) is 17.4. The Labute approximate surface area is 59.4 Å². The summed E-state index contributed by atoms with van der Waals surface area (Å²) in [6, 6.07) is 0. The zero-order valence-electron chi connectivity index (χ0n) is 6.28. The van der Waals surface area contributed by atoms with Gasteiger partial charge in [-0.1, -0.05) is 13.8 Å². The maximum absolute atomic E-state index is 11.8. The van der Waals surface area contributed by atoms with Gasteiger partial charge in [-0.15, -0.1) is 0 Å². The van der Waals surface area contributed by atoms with E-state index >= 15 is 0 Å². The molecule has 0 aromatic rings. The number of hydrogen-bond acceptors (Lipinski definition) is 0. The monoisotopic (exact) mass is 154 g/mol. The number of halogens is 3. The Balaban J connectivity index is 3.46. The van der Waals surface area contributed by atoms with E-state index in [0.29, 0.717) is 0 Å². The summed E-state index contributed by atoms with van der Waals surface area (Å²) in [6.07, 6.45) is -2.04. The van der Waals surface area contributed by atoms with Crippen LogP contribution in [0, 0.1) is 11.8 Å². The van der Waals surface area contributed by atoms with Crippen molar-refractivity contribution in [2.45, 2.75) is 26.7 Å². The van der Waals surface area contributed by atoms with Crippen molar-refractivity contribution >= 4 is 0 Å². The molecule has 0 aromatic heterocycles. The number of hydrogen-bond donors (Lipinski definition) is 0. The zero-order chi connectivity index (χ0) is 8.15. The van der Waals surface area contributed by atoms with Crippen molar-refractivity contribution in [1.29, 1.82) is 0 Å². The summed E-state index contributed by atoms with van der Waals surface area (Å²) in [5.74, 6) is -0.908. The molecule has 0 N–H and O–H groups in total. The molecular weight excluding hydrogens is 141 g/mol. The van der Waals surface area contributed by atoms with Crippen LogP contribution in [0.3, 0.4) is 0 Å². The maximum atomic E-state index is 11.8. The molecule has 0 radical (unpaired) electrons. The molecule has 0 rings (SSSR count). The summed E-state index contributed by atoms with van der Waals surface area (Å²) in [5.41, 5.74) is 0. The van der Waals surface area contributed by atoms with Gasteiger partial charge in [-0.25, -0.2) is 8.78 Å². The van der Waals surface area contributed by atoms with Crippen LogP contribution in [0.2, 0.25) is 0 Å². The first kappa shape index (κ1) is 9.79. The summed E-state index contributed by atoms with van der Waals surface area (Å²) in [4.78, 5) is 0. The van der Waals surface area contributed by atoms with Gasteiger partial charge in [0.05, 0.1) is 6.67 Å². The molecule has 2 unspecified atom stereocenters. The van der Waals surface area contributed by atoms with Crippen LogP contribution in [0.4, 0.5) is 13.2 Å². The van der Waals surface area contributed by atoms with Crippen LogP contribution in [0.1, 0.15) is 20.3 Å². The van der Waals surface area contributed by atoms with Crippen molar-refractivity contribution in [2.75, 3.05) is 6.67 Å². The van der Waals surface area contributed by atoms with E-state index in [1.54, 1.807) is 6.92 Å². The van der Waals surface area contributed by atoms with Crippen molar-refractivity contribution in [3.8, 4) is 0 Å². The molecule has 0 aliphatic rings. The smallest absolute Gasteiger partial charge is 0.241 e. The molecule has 0 bridgehead atoms. The van der Waals surface area contributed by atoms with Crippen molar-refractivity contribution in [1.82, 2.24) is 0 Å². The van der Waals surface area contributed by atoms with E-state index in [1.165, 1.54) is 6.92 Å². The summed E-state index contributed by atoms with van der Waals surface area (Å²) in [5, 5.41) is 0. The van der Waals surface area contributed by atoms with E-state index in [2.05, 4.69) is 0 Å². The van der Waals surface area contributed by atoms with Gasteiger partial charge < -0.3 is 0 Å². The molecule has 0 fully saturated rings. The molecule has 2 atom stereocenters. The van der Waals surface area contributed by atoms with E-state index in [1.807, 2.05) is 0 Å². The predicted octanol–water partition coefficient (Wildman–Crippen LogP) is 2.88. The van der Waals surface area contributed by atoms with Gasteiger partial charge in [0.25, 0.3) is 0 Å². The molecule has 0 saturated heterocycles. The van der Waals surface area contributed by atoms with Gasteiger partial charge >= 0.3 is 0 Å². The van der Waals surface area contributed by atoms with Crippen LogP contribution in [0.5, 0.6) is 0 Å². The van der Waals surface area contributed by atoms with Gasteiger partial charge in [-0.05, 0) is 12.3 Å². The van der Waals surface area contributed by atoms with E-state index < -0.39 is 19.0 Å². The standard InChI is InChI=1S/C7H13F3/c1-5(4-8)3-6(2)7(9)10/h5-7H,3-4H2,1-2H3. The van der Waals surface area contributed by atoms with Crippen LogP contribution >= 0.6 is 0 Å². The fourth-order valence-corrected chi connectivity index (χ4v) is 0.801. The Hall–Kier alpha value is -0.210. The van der Waals surface area contributed by atoms with Crippen LogP contribution in [-0.4, -0.2) is 13.1 Å². The highest BCUT2D eigenvalue weighted by molar-refractivity contribution is 4.59. The second-order valence-corrected chi connectivity index (χ2v) is 2.81. The minimum Gasteiger partial charge on any atom is -0.251 e. The van der Waals surface area contributed by atoms with Gasteiger partial charge in [-0.2, -0.15) is 0 Å². The van der Waals surface area contributed by atoms with Gasteiger partial charge in [0.15, 0.2) is 0 Å². The van der Waals surface area contributed by atoms with Gasteiger partial charge in [0, 0.05) is 5.92 Å². The predicted molar refractivity (Wildman–Crippen MR) is 34.9 cm³/mol. The SMILES string of the molecule is CC(CF)CC(C)C(F)F. The average Bonchev–Trinajstić information content (AvgIpc) is 1.87. The van der Waals surface area contributed by atoms with Gasteiger partial charge in [0.2, 0.25) is 6.43 Å². The highest BCUT2D eigenvalue weighted by Gasteiger charge is 2.17. The van der Waals surface area contributed by atoms with Crippen LogP contribution in [-0.2, 0) is 0 Å². The molecule has 10 heavy (non-hydrogen) atoms. The fourth-order valence-electron chi connectivity index (χ4n) is 0.801. The lowest BCUT2D eigenvalue weighted by atomic mass is 9.99. The minimum atomic E-state index is -2.31. The number of rotatable bonds is 4. The Kier molecular flexibility index (Phi) is 4.49. The second kappa shape index (κ2) is 4.58. The molecule has 0 amide bonds. The first-order valence-corrected chi connectivity index (χ1v) is 3.42. The summed E-state index contributed by atoms with van der Waals surface area (Å²) < 4.78 is 35.4. The Morgan fingerprint density at radius 2 is 1.70 bits per heavy atom. The van der Waals surface area contributed by atoms with E-state index in [4.69, 9.17) is 0 Å². The molecule has 0 heterocycles. The molecule has 0 saturated carbocycles. The minimum absolute atomic E-state index is 0.232. The van der Waals surface area contributed by atoms with Crippen molar-refractivity contribution < 1.29 is 13.2 Å². The summed E-state index contributed by atoms with van der Waals surface area (Å²) in [6.45, 7) is 2.58. The molecule has 0 aliphatic heterocycles. The lowest BCUT2D eigenvalue weighted by Crippen LogP contribution is -2.12. The Bertz CT molecular complexity index is 82.9. The molecule has 3 heteroatoms. The first-order chi connectivity index (χ1) is 4.57. The third-order valence-corrected chi connectivity index (χ3v) is 1.47. The molecule has 0 spiro atoms. The summed E-state index contributed by atoms with van der Waals surface area (Å²) in [7, 11) is 0. The molecule has 0 aromatic carbocycles. The van der Waals surface area contributed by atoms with Gasteiger partial charge in [0.1, 0.15) is 0 Å². The quantitative estimate of drug-likeness (QED) is 0.584. The van der Waals surface area contributed by atoms with E-state index in [9.17, 15) is 13.2 Å². The summed E-state index contributed by atoms with van der Waals surface area (Å²) >= 11 is 0. The van der Waals surface area contributed by atoms with Crippen molar-refractivity contribution in [3.05, 3.63) is 0 Å². The lowest BCUT2D eigenvalue weighted by molar-refractivity contribution is 0.0715. The third-order valence-electron chi connectivity index (χ3n) is 1.47. The van der Waals surface area contributed by atoms with Crippen LogP contribution < -0.4 is 0 Å². The first-order valence-electron chi connectivity index (χ1n) is 3.42. The molecular formula is C7H13F3. The van der Waals surface area contributed by atoms with E-state index in [0.717, 1.165) is 0 Å². The average molecular weight is 154 g/mol. The van der Waals surface area contributed by atoms with Crippen LogP contribution in [0.15, 0.2) is 0 Å². The number of alkyl halides is 3. The lowest BCUT2D eigenvalue weighted by Gasteiger charge is -2.12. The largest absolute Gasteiger partial charge is 0.251 e.